The van der Waals surface area contributed by atoms with Gasteiger partial charge in [-0.2, -0.15) is 0 Å². The van der Waals surface area contributed by atoms with E-state index in [-0.39, 0.29) is 23.4 Å². The van der Waals surface area contributed by atoms with Crippen molar-refractivity contribution in [3.05, 3.63) is 47.5 Å². The molecule has 2 rings (SSSR count). The number of nitrogens with one attached hydrogen (secondary N) is 2. The Morgan fingerprint density at radius 3 is 2.08 bits per heavy atom. The monoisotopic (exact) mass is 329 g/mol. The van der Waals surface area contributed by atoms with Crippen molar-refractivity contribution in [2.45, 2.75) is 39.3 Å². The van der Waals surface area contributed by atoms with Crippen molar-refractivity contribution in [3.8, 4) is 0 Å². The largest absolute Gasteiger partial charge is 0.347 e. The number of benzene rings is 1. The summed E-state index contributed by atoms with van der Waals surface area (Å²) in [6.07, 6.45) is 1.58. The van der Waals surface area contributed by atoms with Gasteiger partial charge in [0.15, 0.2) is 5.82 Å². The minimum absolute atomic E-state index is 0.165. The number of hydrogen-bond acceptors (Lipinski definition) is 4. The van der Waals surface area contributed by atoms with Gasteiger partial charge in [-0.05, 0) is 52.0 Å². The van der Waals surface area contributed by atoms with Crippen LogP contribution in [0.4, 0.5) is 0 Å². The molecule has 1 aromatic carbocycles. The summed E-state index contributed by atoms with van der Waals surface area (Å²) in [5, 5.41) is 13.5. The number of carbonyl (C=O) groups is 2. The summed E-state index contributed by atoms with van der Waals surface area (Å²) in [5.41, 5.74) is 0.692. The highest BCUT2D eigenvalue weighted by Gasteiger charge is 2.17. The summed E-state index contributed by atoms with van der Waals surface area (Å²) >= 11 is 0. The summed E-state index contributed by atoms with van der Waals surface area (Å²) in [6.45, 7) is 7.59. The standard InChI is InChI=1S/C17H23N5O2/c1-11(14-21-18-10-22(14)5)19-15(23)12-6-8-13(9-7-12)16(24)20-17(2,3)4/h6-11H,1-5H3,(H,19,23)(H,20,24). The number of aromatic nitrogens is 3. The third kappa shape index (κ3) is 4.41. The first-order chi connectivity index (χ1) is 11.2. The molecule has 1 unspecified atom stereocenters. The molecule has 1 aromatic heterocycles. The van der Waals surface area contributed by atoms with Gasteiger partial charge in [0.2, 0.25) is 0 Å². The van der Waals surface area contributed by atoms with Gasteiger partial charge < -0.3 is 15.2 Å². The Kier molecular flexibility index (Phi) is 5.02. The number of rotatable bonds is 4. The molecule has 0 saturated heterocycles. The zero-order valence-corrected chi connectivity index (χ0v) is 14.6. The maximum Gasteiger partial charge on any atom is 0.251 e. The van der Waals surface area contributed by atoms with Gasteiger partial charge in [0, 0.05) is 23.7 Å². The third-order valence-electron chi connectivity index (χ3n) is 3.38. The van der Waals surface area contributed by atoms with Gasteiger partial charge in [-0.3, -0.25) is 9.59 Å². The van der Waals surface area contributed by atoms with E-state index in [1.54, 1.807) is 35.2 Å². The lowest BCUT2D eigenvalue weighted by Gasteiger charge is -2.20. The van der Waals surface area contributed by atoms with E-state index in [0.717, 1.165) is 0 Å². The zero-order valence-electron chi connectivity index (χ0n) is 14.6. The summed E-state index contributed by atoms with van der Waals surface area (Å²) < 4.78 is 1.75. The van der Waals surface area contributed by atoms with Crippen LogP contribution in [0.2, 0.25) is 0 Å². The molecule has 24 heavy (non-hydrogen) atoms. The van der Waals surface area contributed by atoms with Crippen LogP contribution in [-0.4, -0.2) is 32.1 Å². The van der Waals surface area contributed by atoms with E-state index in [4.69, 9.17) is 0 Å². The van der Waals surface area contributed by atoms with Gasteiger partial charge in [0.05, 0.1) is 6.04 Å². The number of carbonyl (C=O) groups excluding carboxylic acids is 2. The summed E-state index contributed by atoms with van der Waals surface area (Å²) in [5.74, 6) is 0.278. The van der Waals surface area contributed by atoms with Crippen molar-refractivity contribution >= 4 is 11.8 Å². The van der Waals surface area contributed by atoms with Crippen LogP contribution in [0.3, 0.4) is 0 Å². The van der Waals surface area contributed by atoms with Crippen LogP contribution >= 0.6 is 0 Å². The van der Waals surface area contributed by atoms with Crippen LogP contribution in [0, 0.1) is 0 Å². The maximum absolute atomic E-state index is 12.3. The average molecular weight is 329 g/mol. The third-order valence-corrected chi connectivity index (χ3v) is 3.38. The lowest BCUT2D eigenvalue weighted by atomic mass is 10.1. The highest BCUT2D eigenvalue weighted by molar-refractivity contribution is 5.98. The molecule has 0 aliphatic heterocycles. The van der Waals surface area contributed by atoms with Gasteiger partial charge in [-0.15, -0.1) is 10.2 Å². The number of amides is 2. The Bertz CT molecular complexity index is 728. The van der Waals surface area contributed by atoms with Gasteiger partial charge in [-0.25, -0.2) is 0 Å². The van der Waals surface area contributed by atoms with Crippen molar-refractivity contribution in [1.29, 1.82) is 0 Å². The number of aryl methyl sites for hydroxylation is 1. The van der Waals surface area contributed by atoms with Crippen LogP contribution < -0.4 is 10.6 Å². The molecule has 7 nitrogen and oxygen atoms in total. The molecule has 0 aliphatic rings. The molecule has 0 radical (unpaired) electrons. The molecule has 0 spiro atoms. The molecule has 1 atom stereocenters. The Morgan fingerprint density at radius 1 is 1.08 bits per heavy atom. The van der Waals surface area contributed by atoms with E-state index in [0.29, 0.717) is 17.0 Å². The van der Waals surface area contributed by atoms with E-state index in [2.05, 4.69) is 20.8 Å². The van der Waals surface area contributed by atoms with Crippen molar-refractivity contribution in [2.24, 2.45) is 7.05 Å². The predicted octanol–water partition coefficient (Wildman–Crippen LogP) is 1.83. The van der Waals surface area contributed by atoms with E-state index in [9.17, 15) is 9.59 Å². The van der Waals surface area contributed by atoms with Crippen molar-refractivity contribution < 1.29 is 9.59 Å². The highest BCUT2D eigenvalue weighted by atomic mass is 16.2. The lowest BCUT2D eigenvalue weighted by Crippen LogP contribution is -2.40. The number of hydrogen-bond donors (Lipinski definition) is 2. The Labute approximate surface area is 141 Å². The Balaban J connectivity index is 2.03. The summed E-state index contributed by atoms with van der Waals surface area (Å²) in [4.78, 5) is 24.4. The van der Waals surface area contributed by atoms with Crippen LogP contribution in [0.5, 0.6) is 0 Å². The van der Waals surface area contributed by atoms with Gasteiger partial charge in [0.25, 0.3) is 11.8 Å². The van der Waals surface area contributed by atoms with E-state index in [1.807, 2.05) is 34.7 Å². The maximum atomic E-state index is 12.3. The number of nitrogens with zero attached hydrogens (tertiary/aromatic N) is 3. The molecular weight excluding hydrogens is 306 g/mol. The predicted molar refractivity (Wildman–Crippen MR) is 90.5 cm³/mol. The summed E-state index contributed by atoms with van der Waals surface area (Å²) in [6, 6.07) is 6.28. The van der Waals surface area contributed by atoms with Crippen molar-refractivity contribution in [2.75, 3.05) is 0 Å². The van der Waals surface area contributed by atoms with Gasteiger partial charge in [-0.1, -0.05) is 0 Å². The molecule has 7 heteroatoms. The minimum atomic E-state index is -0.307. The van der Waals surface area contributed by atoms with E-state index < -0.39 is 0 Å². The first-order valence-electron chi connectivity index (χ1n) is 7.75. The minimum Gasteiger partial charge on any atom is -0.347 e. The molecule has 0 fully saturated rings. The van der Waals surface area contributed by atoms with Crippen LogP contribution in [0.1, 0.15) is 60.3 Å². The fourth-order valence-corrected chi connectivity index (χ4v) is 2.21. The van der Waals surface area contributed by atoms with Crippen LogP contribution in [-0.2, 0) is 7.05 Å². The van der Waals surface area contributed by atoms with Crippen LogP contribution in [0.15, 0.2) is 30.6 Å². The normalized spacial score (nSPS) is 12.5. The second-order valence-electron chi connectivity index (χ2n) is 6.78. The topological polar surface area (TPSA) is 88.9 Å². The Morgan fingerprint density at radius 2 is 1.62 bits per heavy atom. The molecule has 2 amide bonds. The lowest BCUT2D eigenvalue weighted by molar-refractivity contribution is 0.0913. The fourth-order valence-electron chi connectivity index (χ4n) is 2.21. The summed E-state index contributed by atoms with van der Waals surface area (Å²) in [7, 11) is 1.82. The van der Waals surface area contributed by atoms with Crippen LogP contribution in [0.25, 0.3) is 0 Å². The molecule has 2 aromatic rings. The van der Waals surface area contributed by atoms with E-state index >= 15 is 0 Å². The van der Waals surface area contributed by atoms with Gasteiger partial charge >= 0.3 is 0 Å². The average Bonchev–Trinajstić information content (AvgIpc) is 2.92. The van der Waals surface area contributed by atoms with Gasteiger partial charge in [0.1, 0.15) is 6.33 Å². The molecule has 0 saturated carbocycles. The Hall–Kier alpha value is -2.70. The molecule has 128 valence electrons. The fraction of sp³-hybridized carbons (Fsp3) is 0.412. The zero-order chi connectivity index (χ0) is 17.9. The molecule has 2 N–H and O–H groups in total. The van der Waals surface area contributed by atoms with E-state index in [1.165, 1.54) is 0 Å². The van der Waals surface area contributed by atoms with Crippen molar-refractivity contribution in [1.82, 2.24) is 25.4 Å². The first kappa shape index (κ1) is 17.7. The highest BCUT2D eigenvalue weighted by Crippen LogP contribution is 2.11. The second-order valence-corrected chi connectivity index (χ2v) is 6.78. The molecular formula is C17H23N5O2. The molecule has 1 heterocycles. The molecule has 0 bridgehead atoms. The quantitative estimate of drug-likeness (QED) is 0.895. The van der Waals surface area contributed by atoms with Crippen molar-refractivity contribution in [3.63, 3.8) is 0 Å². The second kappa shape index (κ2) is 6.82. The molecule has 0 aliphatic carbocycles. The first-order valence-corrected chi connectivity index (χ1v) is 7.75. The SMILES string of the molecule is CC(NC(=O)c1ccc(C(=O)NC(C)(C)C)cc1)c1nncn1C. The smallest absolute Gasteiger partial charge is 0.251 e.